The highest BCUT2D eigenvalue weighted by Gasteiger charge is 2.26. The topological polar surface area (TPSA) is 64.4 Å². The Morgan fingerprint density at radius 1 is 1.53 bits per heavy atom. The highest BCUT2D eigenvalue weighted by atomic mass is 19.1. The van der Waals surface area contributed by atoms with Crippen LogP contribution >= 0.6 is 0 Å². The molecule has 0 fully saturated rings. The summed E-state index contributed by atoms with van der Waals surface area (Å²) in [6.45, 7) is 0.345. The van der Waals surface area contributed by atoms with Crippen LogP contribution in [0.5, 0.6) is 5.75 Å². The van der Waals surface area contributed by atoms with Crippen molar-refractivity contribution >= 4 is 5.97 Å². The quantitative estimate of drug-likeness (QED) is 0.852. The second-order valence-corrected chi connectivity index (χ2v) is 4.34. The molecule has 5 nitrogen and oxygen atoms in total. The Morgan fingerprint density at radius 2 is 2.32 bits per heavy atom. The number of fused-ring (bicyclic) bond motifs is 3. The zero-order valence-electron chi connectivity index (χ0n) is 10.2. The van der Waals surface area contributed by atoms with Crippen LogP contribution in [0, 0.1) is 5.82 Å². The zero-order chi connectivity index (χ0) is 13.6. The van der Waals surface area contributed by atoms with Crippen molar-refractivity contribution in [1.29, 1.82) is 0 Å². The van der Waals surface area contributed by atoms with E-state index in [1.807, 2.05) is 0 Å². The maximum absolute atomic E-state index is 13.4. The van der Waals surface area contributed by atoms with Gasteiger partial charge in [0.1, 0.15) is 11.6 Å². The van der Waals surface area contributed by atoms with E-state index in [1.54, 1.807) is 13.1 Å². The first-order valence-electron chi connectivity index (χ1n) is 5.80. The fourth-order valence-electron chi connectivity index (χ4n) is 2.39. The van der Waals surface area contributed by atoms with Gasteiger partial charge < -0.3 is 9.84 Å². The second kappa shape index (κ2) is 4.08. The minimum atomic E-state index is -1.09. The van der Waals surface area contributed by atoms with Gasteiger partial charge in [0.2, 0.25) is 0 Å². The standard InChI is InChI=1S/C13H11FN2O3/c1-16-12-8(11(15-16)13(17)18)4-5-19-10-3-2-7(14)6-9(10)12/h2-3,6H,4-5H2,1H3,(H,17,18). The van der Waals surface area contributed by atoms with E-state index in [-0.39, 0.29) is 5.69 Å². The Labute approximate surface area is 108 Å². The third-order valence-electron chi connectivity index (χ3n) is 3.15. The average molecular weight is 262 g/mol. The molecule has 0 amide bonds. The lowest BCUT2D eigenvalue weighted by Gasteiger charge is -2.08. The van der Waals surface area contributed by atoms with Gasteiger partial charge in [0, 0.05) is 24.6 Å². The molecule has 1 aromatic carbocycles. The first-order valence-corrected chi connectivity index (χ1v) is 5.80. The van der Waals surface area contributed by atoms with Gasteiger partial charge in [-0.1, -0.05) is 0 Å². The molecule has 2 aromatic rings. The fraction of sp³-hybridized carbons (Fsp3) is 0.231. The summed E-state index contributed by atoms with van der Waals surface area (Å²) in [7, 11) is 1.64. The van der Waals surface area contributed by atoms with Crippen molar-refractivity contribution in [3.8, 4) is 17.0 Å². The van der Waals surface area contributed by atoms with E-state index in [9.17, 15) is 9.18 Å². The van der Waals surface area contributed by atoms with Crippen molar-refractivity contribution in [2.45, 2.75) is 6.42 Å². The van der Waals surface area contributed by atoms with E-state index in [1.165, 1.54) is 16.8 Å². The van der Waals surface area contributed by atoms with Crippen LogP contribution in [-0.4, -0.2) is 27.5 Å². The Bertz CT molecular complexity index is 679. The van der Waals surface area contributed by atoms with Crippen molar-refractivity contribution < 1.29 is 19.0 Å². The summed E-state index contributed by atoms with van der Waals surface area (Å²) < 4.78 is 20.4. The molecule has 6 heteroatoms. The Kier molecular flexibility index (Phi) is 2.51. The molecule has 3 rings (SSSR count). The molecule has 0 unspecified atom stereocenters. The molecule has 0 saturated heterocycles. The van der Waals surface area contributed by atoms with Crippen molar-refractivity contribution in [3.63, 3.8) is 0 Å². The number of carbonyl (C=O) groups is 1. The minimum Gasteiger partial charge on any atom is -0.493 e. The van der Waals surface area contributed by atoms with Gasteiger partial charge in [0.25, 0.3) is 0 Å². The Hall–Kier alpha value is -2.37. The van der Waals surface area contributed by atoms with Gasteiger partial charge in [-0.05, 0) is 18.2 Å². The molecule has 2 heterocycles. The van der Waals surface area contributed by atoms with Crippen molar-refractivity contribution in [2.24, 2.45) is 7.05 Å². The van der Waals surface area contributed by atoms with Crippen molar-refractivity contribution in [2.75, 3.05) is 6.61 Å². The molecule has 19 heavy (non-hydrogen) atoms. The average Bonchev–Trinajstić information content (AvgIpc) is 2.57. The molecule has 0 spiro atoms. The normalized spacial score (nSPS) is 13.2. The van der Waals surface area contributed by atoms with E-state index in [0.29, 0.717) is 35.6 Å². The largest absolute Gasteiger partial charge is 0.493 e. The smallest absolute Gasteiger partial charge is 0.356 e. The van der Waals surface area contributed by atoms with Gasteiger partial charge in [-0.15, -0.1) is 0 Å². The predicted molar refractivity (Wildman–Crippen MR) is 64.8 cm³/mol. The zero-order valence-corrected chi connectivity index (χ0v) is 10.2. The number of aromatic nitrogens is 2. The molecule has 0 bridgehead atoms. The molecular formula is C13H11FN2O3. The number of carboxylic acids is 1. The second-order valence-electron chi connectivity index (χ2n) is 4.34. The molecule has 1 aromatic heterocycles. The summed E-state index contributed by atoms with van der Waals surface area (Å²) in [4.78, 5) is 11.2. The van der Waals surface area contributed by atoms with Crippen LogP contribution in [0.25, 0.3) is 11.3 Å². The maximum atomic E-state index is 13.4. The predicted octanol–water partition coefficient (Wildman–Crippen LogP) is 1.86. The molecule has 0 aliphatic carbocycles. The van der Waals surface area contributed by atoms with Gasteiger partial charge in [-0.25, -0.2) is 9.18 Å². The lowest BCUT2D eigenvalue weighted by molar-refractivity contribution is 0.0688. The number of aromatic carboxylic acids is 1. The monoisotopic (exact) mass is 262 g/mol. The molecule has 1 aliphatic rings. The number of hydrogen-bond acceptors (Lipinski definition) is 3. The number of benzene rings is 1. The third-order valence-corrected chi connectivity index (χ3v) is 3.15. The number of aryl methyl sites for hydroxylation is 1. The number of rotatable bonds is 1. The van der Waals surface area contributed by atoms with Gasteiger partial charge in [-0.3, -0.25) is 4.68 Å². The van der Waals surface area contributed by atoms with Gasteiger partial charge in [0.15, 0.2) is 5.69 Å². The van der Waals surface area contributed by atoms with E-state index >= 15 is 0 Å². The summed E-state index contributed by atoms with van der Waals surface area (Å²) in [6, 6.07) is 4.21. The number of carboxylic acid groups (broad SMARTS) is 1. The lowest BCUT2D eigenvalue weighted by atomic mass is 10.0. The van der Waals surface area contributed by atoms with Crippen LogP contribution in [0.3, 0.4) is 0 Å². The van der Waals surface area contributed by atoms with Gasteiger partial charge in [-0.2, -0.15) is 5.10 Å². The van der Waals surface area contributed by atoms with E-state index in [2.05, 4.69) is 5.10 Å². The molecule has 0 atom stereocenters. The number of halogens is 1. The maximum Gasteiger partial charge on any atom is 0.356 e. The first-order chi connectivity index (χ1) is 9.08. The highest BCUT2D eigenvalue weighted by Crippen LogP contribution is 2.36. The van der Waals surface area contributed by atoms with Gasteiger partial charge >= 0.3 is 5.97 Å². The van der Waals surface area contributed by atoms with Crippen LogP contribution in [0.15, 0.2) is 18.2 Å². The summed E-state index contributed by atoms with van der Waals surface area (Å²) in [5, 5.41) is 13.2. The summed E-state index contributed by atoms with van der Waals surface area (Å²) in [6.07, 6.45) is 0.432. The summed E-state index contributed by atoms with van der Waals surface area (Å²) in [5.41, 5.74) is 1.72. The van der Waals surface area contributed by atoms with Gasteiger partial charge in [0.05, 0.1) is 12.3 Å². The van der Waals surface area contributed by atoms with E-state index in [4.69, 9.17) is 9.84 Å². The van der Waals surface area contributed by atoms with Crippen LogP contribution in [0.4, 0.5) is 4.39 Å². The van der Waals surface area contributed by atoms with Crippen molar-refractivity contribution in [1.82, 2.24) is 9.78 Å². The molecule has 98 valence electrons. The lowest BCUT2D eigenvalue weighted by Crippen LogP contribution is -2.05. The van der Waals surface area contributed by atoms with Crippen LogP contribution < -0.4 is 4.74 Å². The third kappa shape index (κ3) is 1.76. The molecule has 1 aliphatic heterocycles. The highest BCUT2D eigenvalue weighted by molar-refractivity contribution is 5.90. The number of nitrogens with zero attached hydrogens (tertiary/aromatic N) is 2. The Morgan fingerprint density at radius 3 is 3.05 bits per heavy atom. The minimum absolute atomic E-state index is 0.00166. The summed E-state index contributed by atoms with van der Waals surface area (Å²) >= 11 is 0. The van der Waals surface area contributed by atoms with Crippen LogP contribution in [0.1, 0.15) is 16.1 Å². The molecule has 1 N–H and O–H groups in total. The number of hydrogen-bond donors (Lipinski definition) is 1. The SMILES string of the molecule is Cn1nc(C(=O)O)c2c1-c1cc(F)ccc1OCC2. The van der Waals surface area contributed by atoms with Crippen LogP contribution in [-0.2, 0) is 13.5 Å². The summed E-state index contributed by atoms with van der Waals surface area (Å²) in [5.74, 6) is -0.940. The van der Waals surface area contributed by atoms with Crippen molar-refractivity contribution in [3.05, 3.63) is 35.3 Å². The number of ether oxygens (including phenoxy) is 1. The fourth-order valence-corrected chi connectivity index (χ4v) is 2.39. The molecular weight excluding hydrogens is 251 g/mol. The van der Waals surface area contributed by atoms with E-state index < -0.39 is 11.8 Å². The molecule has 0 saturated carbocycles. The molecule has 0 radical (unpaired) electrons. The van der Waals surface area contributed by atoms with E-state index in [0.717, 1.165) is 0 Å². The first kappa shape index (κ1) is 11.7. The Balaban J connectivity index is 2.31. The van der Waals surface area contributed by atoms with Crippen LogP contribution in [0.2, 0.25) is 0 Å².